The number of amides is 1. The summed E-state index contributed by atoms with van der Waals surface area (Å²) in [6.45, 7) is 1.85. The number of benzene rings is 3. The predicted molar refractivity (Wildman–Crippen MR) is 138 cm³/mol. The number of anilines is 1. The second kappa shape index (κ2) is 10.6. The van der Waals surface area contributed by atoms with Crippen molar-refractivity contribution in [3.05, 3.63) is 95.5 Å². The Morgan fingerprint density at radius 3 is 2.38 bits per heavy atom. The normalized spacial score (nSPS) is 14.0. The Bertz CT molecular complexity index is 1370. The number of hydrogen-bond donors (Lipinski definition) is 0. The SMILES string of the molecule is O=C(Cc1csc(-c2cccc(Oc3ccccc3)c2)n1)N1CCN(c2cccc(C(F)(F)F)c2)CC1. The number of rotatable bonds is 6. The zero-order valence-corrected chi connectivity index (χ0v) is 20.6. The summed E-state index contributed by atoms with van der Waals surface area (Å²) in [5.74, 6) is 1.41. The van der Waals surface area contributed by atoms with Crippen molar-refractivity contribution in [2.24, 2.45) is 0 Å². The molecule has 1 amide bonds. The van der Waals surface area contributed by atoms with Crippen LogP contribution in [-0.4, -0.2) is 42.0 Å². The van der Waals surface area contributed by atoms with Crippen LogP contribution in [0.25, 0.3) is 10.6 Å². The zero-order valence-electron chi connectivity index (χ0n) is 19.8. The average Bonchev–Trinajstić information content (AvgIpc) is 3.38. The summed E-state index contributed by atoms with van der Waals surface area (Å²) in [5.41, 5.74) is 1.45. The summed E-state index contributed by atoms with van der Waals surface area (Å²) in [5, 5.41) is 2.69. The maximum atomic E-state index is 13.0. The number of carbonyl (C=O) groups is 1. The van der Waals surface area contributed by atoms with Gasteiger partial charge in [-0.05, 0) is 42.5 Å². The fourth-order valence-electron chi connectivity index (χ4n) is 4.20. The van der Waals surface area contributed by atoms with E-state index in [1.165, 1.54) is 17.4 Å². The monoisotopic (exact) mass is 523 g/mol. The van der Waals surface area contributed by atoms with Gasteiger partial charge in [0.2, 0.25) is 5.91 Å². The number of thiazole rings is 1. The Morgan fingerprint density at radius 1 is 0.892 bits per heavy atom. The molecule has 0 saturated carbocycles. The quantitative estimate of drug-likeness (QED) is 0.289. The molecular formula is C28H24F3N3O2S. The van der Waals surface area contributed by atoms with Crippen LogP contribution in [0.4, 0.5) is 18.9 Å². The first kappa shape index (κ1) is 24.8. The topological polar surface area (TPSA) is 45.7 Å². The number of nitrogens with zero attached hydrogens (tertiary/aromatic N) is 3. The average molecular weight is 524 g/mol. The van der Waals surface area contributed by atoms with Crippen LogP contribution in [0.1, 0.15) is 11.3 Å². The Kier molecular flexibility index (Phi) is 7.14. The first-order valence-corrected chi connectivity index (χ1v) is 12.7. The summed E-state index contributed by atoms with van der Waals surface area (Å²) >= 11 is 1.47. The Balaban J connectivity index is 1.18. The van der Waals surface area contributed by atoms with Gasteiger partial charge in [0.25, 0.3) is 0 Å². The van der Waals surface area contributed by atoms with Gasteiger partial charge < -0.3 is 14.5 Å². The Morgan fingerprint density at radius 2 is 1.62 bits per heavy atom. The number of carbonyl (C=O) groups excluding carboxylic acids is 1. The largest absolute Gasteiger partial charge is 0.457 e. The second-order valence-corrected chi connectivity index (χ2v) is 9.54. The van der Waals surface area contributed by atoms with Crippen molar-refractivity contribution in [2.45, 2.75) is 12.6 Å². The summed E-state index contributed by atoms with van der Waals surface area (Å²) in [7, 11) is 0. The van der Waals surface area contributed by atoms with Crippen molar-refractivity contribution in [1.82, 2.24) is 9.88 Å². The van der Waals surface area contributed by atoms with Gasteiger partial charge in [-0.2, -0.15) is 13.2 Å². The number of hydrogen-bond acceptors (Lipinski definition) is 5. The van der Waals surface area contributed by atoms with Gasteiger partial charge in [0.1, 0.15) is 16.5 Å². The van der Waals surface area contributed by atoms with Crippen molar-refractivity contribution >= 4 is 22.9 Å². The third kappa shape index (κ3) is 6.11. The predicted octanol–water partition coefficient (Wildman–Crippen LogP) is 6.51. The molecule has 1 fully saturated rings. The van der Waals surface area contributed by atoms with Crippen LogP contribution in [0, 0.1) is 0 Å². The molecule has 0 unspecified atom stereocenters. The molecule has 0 N–H and O–H groups in total. The molecule has 2 heterocycles. The summed E-state index contributed by atoms with van der Waals surface area (Å²) < 4.78 is 45.0. The van der Waals surface area contributed by atoms with Gasteiger partial charge in [-0.3, -0.25) is 4.79 Å². The standard InChI is InChI=1S/C28H24F3N3O2S/c29-28(30,31)21-7-5-8-23(17-21)33-12-14-34(15-13-33)26(35)18-22-19-37-27(32-22)20-6-4-11-25(16-20)36-24-9-2-1-3-10-24/h1-11,16-17,19H,12-15,18H2. The lowest BCUT2D eigenvalue weighted by Crippen LogP contribution is -2.49. The minimum absolute atomic E-state index is 0.0401. The molecule has 0 atom stereocenters. The highest BCUT2D eigenvalue weighted by atomic mass is 32.1. The first-order valence-electron chi connectivity index (χ1n) is 11.8. The van der Waals surface area contributed by atoms with Gasteiger partial charge in [0.15, 0.2) is 0 Å². The van der Waals surface area contributed by atoms with E-state index in [1.807, 2.05) is 64.9 Å². The number of ether oxygens (including phenoxy) is 1. The Labute approximate surface area is 216 Å². The van der Waals surface area contributed by atoms with Gasteiger partial charge in [0, 0.05) is 42.8 Å². The lowest BCUT2D eigenvalue weighted by Gasteiger charge is -2.36. The van der Waals surface area contributed by atoms with E-state index in [9.17, 15) is 18.0 Å². The molecule has 1 aliphatic heterocycles. The van der Waals surface area contributed by atoms with Gasteiger partial charge in [-0.25, -0.2) is 4.98 Å². The van der Waals surface area contributed by atoms with Gasteiger partial charge >= 0.3 is 6.18 Å². The number of halogens is 3. The molecule has 190 valence electrons. The highest BCUT2D eigenvalue weighted by molar-refractivity contribution is 7.13. The molecule has 5 rings (SSSR count). The maximum Gasteiger partial charge on any atom is 0.416 e. The molecule has 0 bridgehead atoms. The third-order valence-electron chi connectivity index (χ3n) is 6.11. The van der Waals surface area contributed by atoms with Crippen LogP contribution >= 0.6 is 11.3 Å². The fraction of sp³-hybridized carbons (Fsp3) is 0.214. The molecule has 1 aliphatic rings. The number of piperazine rings is 1. The molecule has 5 nitrogen and oxygen atoms in total. The highest BCUT2D eigenvalue weighted by Gasteiger charge is 2.31. The van der Waals surface area contributed by atoms with Crippen LogP contribution in [0.15, 0.2) is 84.2 Å². The van der Waals surface area contributed by atoms with Crippen molar-refractivity contribution < 1.29 is 22.7 Å². The number of para-hydroxylation sites is 1. The van der Waals surface area contributed by atoms with E-state index in [4.69, 9.17) is 4.74 Å². The van der Waals surface area contributed by atoms with Gasteiger partial charge in [0.05, 0.1) is 17.7 Å². The molecule has 0 aliphatic carbocycles. The van der Waals surface area contributed by atoms with E-state index in [0.29, 0.717) is 43.3 Å². The third-order valence-corrected chi connectivity index (χ3v) is 7.06. The van der Waals surface area contributed by atoms with Crippen LogP contribution < -0.4 is 9.64 Å². The maximum absolute atomic E-state index is 13.0. The van der Waals surface area contributed by atoms with Crippen molar-refractivity contribution in [1.29, 1.82) is 0 Å². The van der Waals surface area contributed by atoms with Crippen LogP contribution in [-0.2, 0) is 17.4 Å². The molecule has 37 heavy (non-hydrogen) atoms. The van der Waals surface area contributed by atoms with E-state index >= 15 is 0 Å². The van der Waals surface area contributed by atoms with Crippen molar-refractivity contribution in [3.8, 4) is 22.1 Å². The number of aromatic nitrogens is 1. The fourth-order valence-corrected chi connectivity index (χ4v) is 5.01. The van der Waals surface area contributed by atoms with E-state index in [-0.39, 0.29) is 12.3 Å². The van der Waals surface area contributed by atoms with E-state index in [1.54, 1.807) is 11.0 Å². The second-order valence-electron chi connectivity index (χ2n) is 8.68. The van der Waals surface area contributed by atoms with E-state index < -0.39 is 11.7 Å². The minimum Gasteiger partial charge on any atom is -0.457 e. The summed E-state index contributed by atoms with van der Waals surface area (Å²) in [6, 6.07) is 22.5. The molecule has 9 heteroatoms. The van der Waals surface area contributed by atoms with Gasteiger partial charge in [-0.1, -0.05) is 36.4 Å². The Hall–Kier alpha value is -3.85. The molecule has 1 aromatic heterocycles. The molecule has 0 spiro atoms. The van der Waals surface area contributed by atoms with E-state index in [0.717, 1.165) is 28.5 Å². The van der Waals surface area contributed by atoms with Crippen LogP contribution in [0.5, 0.6) is 11.5 Å². The summed E-state index contributed by atoms with van der Waals surface area (Å²) in [4.78, 5) is 21.2. The number of alkyl halides is 3. The molecular weight excluding hydrogens is 499 g/mol. The van der Waals surface area contributed by atoms with Gasteiger partial charge in [-0.15, -0.1) is 11.3 Å². The van der Waals surface area contributed by atoms with Crippen LogP contribution in [0.2, 0.25) is 0 Å². The zero-order chi connectivity index (χ0) is 25.8. The lowest BCUT2D eigenvalue weighted by molar-refractivity contribution is -0.137. The molecule has 3 aromatic carbocycles. The summed E-state index contributed by atoms with van der Waals surface area (Å²) in [6.07, 6.45) is -4.20. The molecule has 4 aromatic rings. The highest BCUT2D eigenvalue weighted by Crippen LogP contribution is 2.32. The minimum atomic E-state index is -4.38. The van der Waals surface area contributed by atoms with Crippen LogP contribution in [0.3, 0.4) is 0 Å². The molecule has 1 saturated heterocycles. The van der Waals surface area contributed by atoms with Crippen molar-refractivity contribution in [2.75, 3.05) is 31.1 Å². The van der Waals surface area contributed by atoms with Crippen molar-refractivity contribution in [3.63, 3.8) is 0 Å². The van der Waals surface area contributed by atoms with E-state index in [2.05, 4.69) is 4.98 Å². The smallest absolute Gasteiger partial charge is 0.416 e. The molecule has 0 radical (unpaired) electrons. The lowest BCUT2D eigenvalue weighted by atomic mass is 10.1. The first-order chi connectivity index (χ1) is 17.8.